The van der Waals surface area contributed by atoms with E-state index in [1.54, 1.807) is 11.8 Å². The third-order valence-corrected chi connectivity index (χ3v) is 2.56. The molecule has 0 saturated carbocycles. The van der Waals surface area contributed by atoms with Crippen LogP contribution in [0.15, 0.2) is 0 Å². The van der Waals surface area contributed by atoms with Gasteiger partial charge in [-0.05, 0) is 26.2 Å². The second kappa shape index (κ2) is 5.58. The number of hydrogen-bond donors (Lipinski definition) is 1. The first-order chi connectivity index (χ1) is 7.15. The Morgan fingerprint density at radius 1 is 1.27 bits per heavy atom. The van der Waals surface area contributed by atoms with Gasteiger partial charge in [0.25, 0.3) is 0 Å². The lowest BCUT2D eigenvalue weighted by atomic mass is 10.1. The molecule has 1 aliphatic heterocycles. The molecular weight excluding hydrogens is 196 g/mol. The molecule has 1 aliphatic rings. The highest BCUT2D eigenvalue weighted by atomic mass is 16.5. The van der Waals surface area contributed by atoms with Crippen molar-refractivity contribution in [1.82, 2.24) is 10.2 Å². The SMILES string of the molecule is COC(=O)N[C@@H](C)C(=O)N1CCCCC1. The van der Waals surface area contributed by atoms with Crippen molar-refractivity contribution in [2.24, 2.45) is 0 Å². The minimum atomic E-state index is -0.562. The molecule has 1 rings (SSSR count). The number of methoxy groups -OCH3 is 1. The van der Waals surface area contributed by atoms with Crippen molar-refractivity contribution < 1.29 is 14.3 Å². The van der Waals surface area contributed by atoms with Crippen molar-refractivity contribution in [1.29, 1.82) is 0 Å². The number of piperidine rings is 1. The van der Waals surface area contributed by atoms with E-state index in [9.17, 15) is 9.59 Å². The average molecular weight is 214 g/mol. The third kappa shape index (κ3) is 3.42. The third-order valence-electron chi connectivity index (χ3n) is 2.56. The zero-order valence-electron chi connectivity index (χ0n) is 9.28. The number of likely N-dealkylation sites (tertiary alicyclic amines) is 1. The van der Waals surface area contributed by atoms with Crippen molar-refractivity contribution in [3.8, 4) is 0 Å². The zero-order chi connectivity index (χ0) is 11.3. The largest absolute Gasteiger partial charge is 0.453 e. The highest BCUT2D eigenvalue weighted by Crippen LogP contribution is 2.09. The zero-order valence-corrected chi connectivity index (χ0v) is 9.28. The summed E-state index contributed by atoms with van der Waals surface area (Å²) < 4.78 is 4.44. The Labute approximate surface area is 89.8 Å². The molecule has 1 N–H and O–H groups in total. The van der Waals surface area contributed by atoms with E-state index in [0.717, 1.165) is 25.9 Å². The van der Waals surface area contributed by atoms with Crippen LogP contribution in [0.3, 0.4) is 0 Å². The lowest BCUT2D eigenvalue weighted by molar-refractivity contribution is -0.133. The van der Waals surface area contributed by atoms with Gasteiger partial charge >= 0.3 is 6.09 Å². The number of alkyl carbamates (subject to hydrolysis) is 1. The summed E-state index contributed by atoms with van der Waals surface area (Å²) in [5, 5.41) is 2.47. The topological polar surface area (TPSA) is 58.6 Å². The van der Waals surface area contributed by atoms with Crippen molar-refractivity contribution in [3.63, 3.8) is 0 Å². The first-order valence-electron chi connectivity index (χ1n) is 5.28. The van der Waals surface area contributed by atoms with E-state index in [2.05, 4.69) is 10.1 Å². The molecule has 2 amide bonds. The maximum Gasteiger partial charge on any atom is 0.407 e. The van der Waals surface area contributed by atoms with Gasteiger partial charge in [0, 0.05) is 13.1 Å². The summed E-state index contributed by atoms with van der Waals surface area (Å²) in [6.45, 7) is 3.27. The van der Waals surface area contributed by atoms with E-state index in [-0.39, 0.29) is 5.91 Å². The van der Waals surface area contributed by atoms with Gasteiger partial charge in [-0.3, -0.25) is 4.79 Å². The maximum absolute atomic E-state index is 11.8. The molecular formula is C10H18N2O3. The van der Waals surface area contributed by atoms with Gasteiger partial charge in [0.15, 0.2) is 0 Å². The summed E-state index contributed by atoms with van der Waals surface area (Å²) in [7, 11) is 1.29. The smallest absolute Gasteiger partial charge is 0.407 e. The first-order valence-corrected chi connectivity index (χ1v) is 5.28. The number of nitrogens with zero attached hydrogens (tertiary/aromatic N) is 1. The Bertz CT molecular complexity index is 237. The van der Waals surface area contributed by atoms with Crippen LogP contribution in [0.25, 0.3) is 0 Å². The minimum Gasteiger partial charge on any atom is -0.453 e. The maximum atomic E-state index is 11.8. The molecule has 1 heterocycles. The van der Waals surface area contributed by atoms with Gasteiger partial charge in [0.1, 0.15) is 6.04 Å². The molecule has 5 heteroatoms. The Morgan fingerprint density at radius 2 is 1.87 bits per heavy atom. The Hall–Kier alpha value is -1.26. The molecule has 0 aromatic heterocycles. The van der Waals surface area contributed by atoms with Gasteiger partial charge in [-0.25, -0.2) is 4.79 Å². The Morgan fingerprint density at radius 3 is 2.40 bits per heavy atom. The first kappa shape index (κ1) is 11.8. The number of rotatable bonds is 2. The fourth-order valence-corrected chi connectivity index (χ4v) is 1.69. The summed E-state index contributed by atoms with van der Waals surface area (Å²) >= 11 is 0. The quantitative estimate of drug-likeness (QED) is 0.737. The summed E-state index contributed by atoms with van der Waals surface area (Å²) in [6.07, 6.45) is 2.73. The lowest BCUT2D eigenvalue weighted by Gasteiger charge is -2.29. The number of amides is 2. The Balaban J connectivity index is 2.40. The minimum absolute atomic E-state index is 0.0277. The second-order valence-electron chi connectivity index (χ2n) is 3.74. The van der Waals surface area contributed by atoms with Crippen molar-refractivity contribution in [2.45, 2.75) is 32.2 Å². The normalized spacial score (nSPS) is 18.1. The predicted octanol–water partition coefficient (Wildman–Crippen LogP) is 0.743. The molecule has 0 aliphatic carbocycles. The fourth-order valence-electron chi connectivity index (χ4n) is 1.69. The van der Waals surface area contributed by atoms with Crippen LogP contribution in [0.1, 0.15) is 26.2 Å². The van der Waals surface area contributed by atoms with Crippen molar-refractivity contribution in [2.75, 3.05) is 20.2 Å². The number of ether oxygens (including phenoxy) is 1. The van der Waals surface area contributed by atoms with E-state index >= 15 is 0 Å². The van der Waals surface area contributed by atoms with E-state index in [1.807, 2.05) is 0 Å². The van der Waals surface area contributed by atoms with Gasteiger partial charge < -0.3 is 15.0 Å². The number of carbonyl (C=O) groups excluding carboxylic acids is 2. The second-order valence-corrected chi connectivity index (χ2v) is 3.74. The van der Waals surface area contributed by atoms with E-state index in [1.165, 1.54) is 13.5 Å². The van der Waals surface area contributed by atoms with Gasteiger partial charge in [-0.2, -0.15) is 0 Å². The predicted molar refractivity (Wildman–Crippen MR) is 55.4 cm³/mol. The highest BCUT2D eigenvalue weighted by molar-refractivity contribution is 5.85. The summed E-state index contributed by atoms with van der Waals surface area (Å²) in [6, 6.07) is -0.504. The molecule has 0 spiro atoms. The van der Waals surface area contributed by atoms with Gasteiger partial charge in [0.05, 0.1) is 7.11 Å². The Kier molecular flexibility index (Phi) is 4.39. The molecule has 0 radical (unpaired) electrons. The molecule has 0 aromatic rings. The number of hydrogen-bond acceptors (Lipinski definition) is 3. The molecule has 86 valence electrons. The summed E-state index contributed by atoms with van der Waals surface area (Å²) in [5.41, 5.74) is 0. The van der Waals surface area contributed by atoms with Crippen LogP contribution >= 0.6 is 0 Å². The summed E-state index contributed by atoms with van der Waals surface area (Å²) in [5.74, 6) is -0.0277. The molecule has 0 aromatic carbocycles. The molecule has 1 atom stereocenters. The number of carbonyl (C=O) groups is 2. The van der Waals surface area contributed by atoms with Crippen LogP contribution in [0, 0.1) is 0 Å². The lowest BCUT2D eigenvalue weighted by Crippen LogP contribution is -2.48. The van der Waals surface area contributed by atoms with Gasteiger partial charge in [0.2, 0.25) is 5.91 Å². The van der Waals surface area contributed by atoms with Crippen molar-refractivity contribution in [3.05, 3.63) is 0 Å². The van der Waals surface area contributed by atoms with Crippen LogP contribution in [-0.2, 0) is 9.53 Å². The van der Waals surface area contributed by atoms with Crippen molar-refractivity contribution >= 4 is 12.0 Å². The molecule has 0 unspecified atom stereocenters. The molecule has 1 fully saturated rings. The van der Waals surface area contributed by atoms with E-state index in [0.29, 0.717) is 0 Å². The number of nitrogens with one attached hydrogen (secondary N) is 1. The van der Waals surface area contributed by atoms with Crippen LogP contribution in [-0.4, -0.2) is 43.1 Å². The monoisotopic (exact) mass is 214 g/mol. The summed E-state index contributed by atoms with van der Waals surface area (Å²) in [4.78, 5) is 24.5. The average Bonchev–Trinajstić information content (AvgIpc) is 2.29. The van der Waals surface area contributed by atoms with Gasteiger partial charge in [-0.1, -0.05) is 0 Å². The standard InChI is InChI=1S/C10H18N2O3/c1-8(11-10(14)15-2)9(13)12-6-4-3-5-7-12/h8H,3-7H2,1-2H3,(H,11,14)/t8-/m0/s1. The molecule has 0 bridgehead atoms. The molecule has 15 heavy (non-hydrogen) atoms. The highest BCUT2D eigenvalue weighted by Gasteiger charge is 2.23. The van der Waals surface area contributed by atoms with Crippen LogP contribution in [0.4, 0.5) is 4.79 Å². The van der Waals surface area contributed by atoms with E-state index in [4.69, 9.17) is 0 Å². The van der Waals surface area contributed by atoms with Gasteiger partial charge in [-0.15, -0.1) is 0 Å². The molecule has 1 saturated heterocycles. The molecule has 5 nitrogen and oxygen atoms in total. The van der Waals surface area contributed by atoms with Crippen LogP contribution < -0.4 is 5.32 Å². The van der Waals surface area contributed by atoms with Crippen LogP contribution in [0.2, 0.25) is 0 Å². The fraction of sp³-hybridized carbons (Fsp3) is 0.800. The van der Waals surface area contributed by atoms with E-state index < -0.39 is 12.1 Å². The van der Waals surface area contributed by atoms with Crippen LogP contribution in [0.5, 0.6) is 0 Å².